The van der Waals surface area contributed by atoms with Crippen molar-refractivity contribution in [2.75, 3.05) is 5.32 Å². The average molecular weight is 366 g/mol. The van der Waals surface area contributed by atoms with Crippen molar-refractivity contribution >= 4 is 23.3 Å². The number of nitrogens with zero attached hydrogens (tertiary/aromatic N) is 1. The highest BCUT2D eigenvalue weighted by Gasteiger charge is 2.08. The first-order valence-corrected chi connectivity index (χ1v) is 8.77. The van der Waals surface area contributed by atoms with E-state index >= 15 is 0 Å². The van der Waals surface area contributed by atoms with Crippen LogP contribution in [0.4, 0.5) is 5.82 Å². The van der Waals surface area contributed by atoms with Gasteiger partial charge in [-0.15, -0.1) is 0 Å². The van der Waals surface area contributed by atoms with E-state index in [0.717, 1.165) is 5.56 Å². The second-order valence-corrected chi connectivity index (χ2v) is 6.45. The smallest absolute Gasteiger partial charge is 0.251 e. The third kappa shape index (κ3) is 4.83. The van der Waals surface area contributed by atoms with Gasteiger partial charge in [0.15, 0.2) is 0 Å². The van der Waals surface area contributed by atoms with Gasteiger partial charge in [0.05, 0.1) is 0 Å². The molecule has 0 unspecified atom stereocenters. The summed E-state index contributed by atoms with van der Waals surface area (Å²) in [5.41, 5.74) is 3.82. The Balaban J connectivity index is 1.61. The van der Waals surface area contributed by atoms with E-state index in [1.54, 1.807) is 18.3 Å². The number of anilines is 1. The molecule has 2 aromatic carbocycles. The second kappa shape index (κ2) is 8.50. The lowest BCUT2D eigenvalue weighted by molar-refractivity contribution is 0.0951. The van der Waals surface area contributed by atoms with Gasteiger partial charge in [-0.25, -0.2) is 4.98 Å². The molecule has 5 heteroatoms. The number of rotatable bonds is 6. The zero-order chi connectivity index (χ0) is 18.4. The molecule has 0 spiro atoms. The predicted molar refractivity (Wildman–Crippen MR) is 105 cm³/mol. The number of carbonyl (C=O) groups is 1. The van der Waals surface area contributed by atoms with Gasteiger partial charge >= 0.3 is 0 Å². The highest BCUT2D eigenvalue weighted by Crippen LogP contribution is 2.15. The Labute approximate surface area is 158 Å². The van der Waals surface area contributed by atoms with Gasteiger partial charge in [-0.1, -0.05) is 59.6 Å². The molecule has 3 aromatic rings. The van der Waals surface area contributed by atoms with Gasteiger partial charge in [-0.3, -0.25) is 4.79 Å². The number of aromatic nitrogens is 1. The third-order valence-electron chi connectivity index (χ3n) is 3.98. The van der Waals surface area contributed by atoms with E-state index in [0.29, 0.717) is 29.5 Å². The number of nitrogens with one attached hydrogen (secondary N) is 2. The van der Waals surface area contributed by atoms with Crippen LogP contribution in [0.3, 0.4) is 0 Å². The standard InChI is InChI=1S/C21H20ClN3O/c1-15-5-4-6-16(11-15)13-24-20-12-17(9-10-23-20)21(26)25-14-18-7-2-3-8-19(18)22/h2-12H,13-14H2,1H3,(H,23,24)(H,25,26). The number of aryl methyl sites for hydroxylation is 1. The SMILES string of the molecule is Cc1cccc(CNc2cc(C(=O)NCc3ccccc3Cl)ccn2)c1. The van der Waals surface area contributed by atoms with Crippen LogP contribution in [-0.2, 0) is 13.1 Å². The molecule has 0 atom stereocenters. The number of carbonyl (C=O) groups excluding carboxylic acids is 1. The van der Waals surface area contributed by atoms with Gasteiger partial charge in [0.25, 0.3) is 5.91 Å². The van der Waals surface area contributed by atoms with Crippen molar-refractivity contribution < 1.29 is 4.79 Å². The van der Waals surface area contributed by atoms with E-state index in [4.69, 9.17) is 11.6 Å². The molecule has 1 amide bonds. The average Bonchev–Trinajstić information content (AvgIpc) is 2.66. The molecule has 2 N–H and O–H groups in total. The van der Waals surface area contributed by atoms with E-state index < -0.39 is 0 Å². The molecule has 1 heterocycles. The molecule has 3 rings (SSSR count). The Morgan fingerprint density at radius 1 is 1.04 bits per heavy atom. The molecule has 0 aliphatic carbocycles. The van der Waals surface area contributed by atoms with Crippen LogP contribution in [0.2, 0.25) is 5.02 Å². The Morgan fingerprint density at radius 3 is 2.69 bits per heavy atom. The number of halogens is 1. The zero-order valence-electron chi connectivity index (χ0n) is 14.5. The molecule has 4 nitrogen and oxygen atoms in total. The summed E-state index contributed by atoms with van der Waals surface area (Å²) >= 11 is 6.12. The lowest BCUT2D eigenvalue weighted by Gasteiger charge is -2.09. The highest BCUT2D eigenvalue weighted by molar-refractivity contribution is 6.31. The predicted octanol–water partition coefficient (Wildman–Crippen LogP) is 4.59. The van der Waals surface area contributed by atoms with Gasteiger partial charge in [0, 0.05) is 29.9 Å². The van der Waals surface area contributed by atoms with Crippen molar-refractivity contribution in [2.45, 2.75) is 20.0 Å². The molecule has 26 heavy (non-hydrogen) atoms. The first-order chi connectivity index (χ1) is 12.6. The van der Waals surface area contributed by atoms with E-state index in [-0.39, 0.29) is 5.91 Å². The fourth-order valence-corrected chi connectivity index (χ4v) is 2.81. The highest BCUT2D eigenvalue weighted by atomic mass is 35.5. The van der Waals surface area contributed by atoms with Gasteiger partial charge in [-0.05, 0) is 36.2 Å². The maximum Gasteiger partial charge on any atom is 0.251 e. The Kier molecular flexibility index (Phi) is 5.87. The number of benzene rings is 2. The number of hydrogen-bond acceptors (Lipinski definition) is 3. The van der Waals surface area contributed by atoms with E-state index in [1.807, 2.05) is 30.3 Å². The van der Waals surface area contributed by atoms with Crippen LogP contribution in [0, 0.1) is 6.92 Å². The molecular weight excluding hydrogens is 346 g/mol. The molecule has 132 valence electrons. The molecule has 0 saturated carbocycles. The quantitative estimate of drug-likeness (QED) is 0.672. The minimum Gasteiger partial charge on any atom is -0.366 e. The van der Waals surface area contributed by atoms with Crippen molar-refractivity contribution in [3.63, 3.8) is 0 Å². The molecule has 0 bridgehead atoms. The fraction of sp³-hybridized carbons (Fsp3) is 0.143. The minimum atomic E-state index is -0.161. The summed E-state index contributed by atoms with van der Waals surface area (Å²) in [6, 6.07) is 19.2. The summed E-state index contributed by atoms with van der Waals surface area (Å²) in [5.74, 6) is 0.503. The summed E-state index contributed by atoms with van der Waals surface area (Å²) in [5, 5.41) is 6.78. The number of hydrogen-bond donors (Lipinski definition) is 2. The van der Waals surface area contributed by atoms with Crippen LogP contribution in [0.1, 0.15) is 27.0 Å². The van der Waals surface area contributed by atoms with Crippen LogP contribution in [-0.4, -0.2) is 10.9 Å². The van der Waals surface area contributed by atoms with E-state index in [1.165, 1.54) is 11.1 Å². The van der Waals surface area contributed by atoms with Crippen LogP contribution in [0.5, 0.6) is 0 Å². The lowest BCUT2D eigenvalue weighted by Crippen LogP contribution is -2.23. The monoisotopic (exact) mass is 365 g/mol. The first kappa shape index (κ1) is 18.0. The largest absolute Gasteiger partial charge is 0.366 e. The van der Waals surface area contributed by atoms with Crippen LogP contribution >= 0.6 is 11.6 Å². The van der Waals surface area contributed by atoms with E-state index in [9.17, 15) is 4.79 Å². The lowest BCUT2D eigenvalue weighted by atomic mass is 10.1. The molecule has 0 fully saturated rings. The van der Waals surface area contributed by atoms with Crippen molar-refractivity contribution in [1.82, 2.24) is 10.3 Å². The Morgan fingerprint density at radius 2 is 1.88 bits per heavy atom. The van der Waals surface area contributed by atoms with Crippen molar-refractivity contribution in [3.8, 4) is 0 Å². The molecule has 0 radical (unpaired) electrons. The molecule has 0 aliphatic rings. The number of pyridine rings is 1. The van der Waals surface area contributed by atoms with Crippen molar-refractivity contribution in [2.24, 2.45) is 0 Å². The van der Waals surface area contributed by atoms with Crippen LogP contribution in [0.25, 0.3) is 0 Å². The molecular formula is C21H20ClN3O. The van der Waals surface area contributed by atoms with Gasteiger partial charge < -0.3 is 10.6 Å². The maximum atomic E-state index is 12.4. The summed E-state index contributed by atoms with van der Waals surface area (Å²) in [6.07, 6.45) is 1.63. The molecule has 0 saturated heterocycles. The van der Waals surface area contributed by atoms with Crippen LogP contribution in [0.15, 0.2) is 66.9 Å². The summed E-state index contributed by atoms with van der Waals surface area (Å²) in [7, 11) is 0. The normalized spacial score (nSPS) is 10.4. The van der Waals surface area contributed by atoms with Crippen molar-refractivity contribution in [3.05, 3.63) is 94.1 Å². The van der Waals surface area contributed by atoms with Gasteiger partial charge in [-0.2, -0.15) is 0 Å². The topological polar surface area (TPSA) is 54.0 Å². The fourth-order valence-electron chi connectivity index (χ4n) is 2.60. The number of amides is 1. The van der Waals surface area contributed by atoms with Crippen LogP contribution < -0.4 is 10.6 Å². The zero-order valence-corrected chi connectivity index (χ0v) is 15.3. The molecule has 1 aromatic heterocycles. The first-order valence-electron chi connectivity index (χ1n) is 8.39. The summed E-state index contributed by atoms with van der Waals surface area (Å²) < 4.78 is 0. The minimum absolute atomic E-state index is 0.161. The van der Waals surface area contributed by atoms with Crippen molar-refractivity contribution in [1.29, 1.82) is 0 Å². The Bertz CT molecular complexity index is 911. The second-order valence-electron chi connectivity index (χ2n) is 6.05. The summed E-state index contributed by atoms with van der Waals surface area (Å²) in [6.45, 7) is 3.10. The summed E-state index contributed by atoms with van der Waals surface area (Å²) in [4.78, 5) is 16.7. The van der Waals surface area contributed by atoms with Gasteiger partial charge in [0.2, 0.25) is 0 Å². The maximum absolute atomic E-state index is 12.4. The third-order valence-corrected chi connectivity index (χ3v) is 4.34. The Hall–Kier alpha value is -2.85. The van der Waals surface area contributed by atoms with E-state index in [2.05, 4.69) is 40.7 Å². The van der Waals surface area contributed by atoms with Gasteiger partial charge in [0.1, 0.15) is 5.82 Å². The molecule has 0 aliphatic heterocycles.